The lowest BCUT2D eigenvalue weighted by Gasteiger charge is -2.33. The zero-order valence-corrected chi connectivity index (χ0v) is 7.34. The molecule has 0 bridgehead atoms. The first-order chi connectivity index (χ1) is 5.70. The van der Waals surface area contributed by atoms with Crippen molar-refractivity contribution in [2.24, 2.45) is 5.92 Å². The fourth-order valence-corrected chi connectivity index (χ4v) is 2.15. The molecule has 0 N–H and O–H groups in total. The highest BCUT2D eigenvalue weighted by Gasteiger charge is 2.43. The molecule has 1 saturated carbocycles. The van der Waals surface area contributed by atoms with E-state index in [0.717, 1.165) is 6.42 Å². The van der Waals surface area contributed by atoms with Gasteiger partial charge in [0.15, 0.2) is 5.79 Å². The van der Waals surface area contributed by atoms with E-state index >= 15 is 0 Å². The van der Waals surface area contributed by atoms with E-state index in [1.807, 2.05) is 0 Å². The minimum absolute atomic E-state index is 0.274. The molecule has 12 heavy (non-hydrogen) atoms. The Morgan fingerprint density at radius 1 is 1.42 bits per heavy atom. The van der Waals surface area contributed by atoms with Gasteiger partial charge in [-0.2, -0.15) is 0 Å². The van der Waals surface area contributed by atoms with Crippen LogP contribution in [0.15, 0.2) is 0 Å². The van der Waals surface area contributed by atoms with Gasteiger partial charge in [0, 0.05) is 12.8 Å². The third kappa shape index (κ3) is 1.39. The Kier molecular flexibility index (Phi) is 1.93. The molecule has 1 aliphatic carbocycles. The molecule has 2 aliphatic rings. The predicted octanol–water partition coefficient (Wildman–Crippen LogP) is 1.12. The molecular formula is C9H14O3. The largest absolute Gasteiger partial charge is 0.347 e. The van der Waals surface area contributed by atoms with E-state index in [2.05, 4.69) is 6.92 Å². The average Bonchev–Trinajstić information content (AvgIpc) is 2.33. The third-order valence-electron chi connectivity index (χ3n) is 2.52. The number of hydrogen-bond donors (Lipinski definition) is 0. The van der Waals surface area contributed by atoms with E-state index in [1.54, 1.807) is 0 Å². The molecule has 3 nitrogen and oxygen atoms in total. The predicted molar refractivity (Wildman–Crippen MR) is 42.7 cm³/mol. The molecule has 2 fully saturated rings. The van der Waals surface area contributed by atoms with Gasteiger partial charge < -0.3 is 9.47 Å². The first-order valence-electron chi connectivity index (χ1n) is 4.50. The van der Waals surface area contributed by atoms with Crippen LogP contribution >= 0.6 is 0 Å². The van der Waals surface area contributed by atoms with Crippen LogP contribution in [0.3, 0.4) is 0 Å². The minimum Gasteiger partial charge on any atom is -0.347 e. The van der Waals surface area contributed by atoms with Crippen LogP contribution in [0.2, 0.25) is 0 Å². The summed E-state index contributed by atoms with van der Waals surface area (Å²) < 4.78 is 11.0. The molecule has 0 amide bonds. The highest BCUT2D eigenvalue weighted by atomic mass is 16.7. The monoisotopic (exact) mass is 170 g/mol. The fraction of sp³-hybridized carbons (Fsp3) is 0.889. The van der Waals surface area contributed by atoms with Crippen LogP contribution in [0.25, 0.3) is 0 Å². The van der Waals surface area contributed by atoms with E-state index in [-0.39, 0.29) is 5.78 Å². The molecular weight excluding hydrogens is 156 g/mol. The maximum atomic E-state index is 11.3. The second-order valence-electron chi connectivity index (χ2n) is 3.84. The lowest BCUT2D eigenvalue weighted by Crippen LogP contribution is -2.39. The molecule has 3 heteroatoms. The van der Waals surface area contributed by atoms with E-state index < -0.39 is 5.79 Å². The SMILES string of the molecule is CC1CC(=O)CC2(C1)OCCO2. The van der Waals surface area contributed by atoms with Gasteiger partial charge in [-0.15, -0.1) is 0 Å². The van der Waals surface area contributed by atoms with Crippen molar-refractivity contribution in [3.63, 3.8) is 0 Å². The van der Waals surface area contributed by atoms with Gasteiger partial charge in [0.1, 0.15) is 5.78 Å². The summed E-state index contributed by atoms with van der Waals surface area (Å²) in [4.78, 5) is 11.3. The Morgan fingerprint density at radius 3 is 2.67 bits per heavy atom. The highest BCUT2D eigenvalue weighted by molar-refractivity contribution is 5.80. The van der Waals surface area contributed by atoms with E-state index in [9.17, 15) is 4.79 Å². The quantitative estimate of drug-likeness (QED) is 0.546. The molecule has 0 aromatic heterocycles. The third-order valence-corrected chi connectivity index (χ3v) is 2.52. The second kappa shape index (κ2) is 2.82. The minimum atomic E-state index is -0.533. The number of Topliss-reactive ketones (excluding diaryl/α,β-unsaturated/α-hetero) is 1. The molecule has 0 aromatic carbocycles. The standard InChI is InChI=1S/C9H14O3/c1-7-4-8(10)6-9(5-7)11-2-3-12-9/h7H,2-6H2,1H3. The van der Waals surface area contributed by atoms with Crippen LogP contribution in [0.1, 0.15) is 26.2 Å². The van der Waals surface area contributed by atoms with Crippen molar-refractivity contribution in [3.8, 4) is 0 Å². The number of ether oxygens (including phenoxy) is 2. The number of carbonyl (C=O) groups is 1. The number of rotatable bonds is 0. The molecule has 1 atom stereocenters. The summed E-state index contributed by atoms with van der Waals surface area (Å²) in [5.41, 5.74) is 0. The summed E-state index contributed by atoms with van der Waals surface area (Å²) in [5.74, 6) is 0.148. The van der Waals surface area contributed by atoms with E-state index in [1.165, 1.54) is 0 Å². The van der Waals surface area contributed by atoms with E-state index in [4.69, 9.17) is 9.47 Å². The first kappa shape index (κ1) is 8.20. The number of hydrogen-bond acceptors (Lipinski definition) is 3. The van der Waals surface area contributed by atoms with Crippen molar-refractivity contribution in [1.29, 1.82) is 0 Å². The van der Waals surface area contributed by atoms with Gasteiger partial charge in [-0.25, -0.2) is 0 Å². The Balaban J connectivity index is 2.09. The van der Waals surface area contributed by atoms with Gasteiger partial charge in [0.2, 0.25) is 0 Å². The molecule has 0 aromatic rings. The summed E-state index contributed by atoms with van der Waals surface area (Å²) in [7, 11) is 0. The van der Waals surface area contributed by atoms with Crippen molar-refractivity contribution in [1.82, 2.24) is 0 Å². The average molecular weight is 170 g/mol. The van der Waals surface area contributed by atoms with Gasteiger partial charge in [0.25, 0.3) is 0 Å². The molecule has 2 rings (SSSR count). The Morgan fingerprint density at radius 2 is 2.08 bits per heavy atom. The molecule has 1 aliphatic heterocycles. The number of ketones is 1. The second-order valence-corrected chi connectivity index (χ2v) is 3.84. The summed E-state index contributed by atoms with van der Waals surface area (Å²) in [6.45, 7) is 3.35. The Bertz CT molecular complexity index is 194. The fourth-order valence-electron chi connectivity index (χ4n) is 2.15. The summed E-state index contributed by atoms with van der Waals surface area (Å²) in [6.07, 6.45) is 2.02. The number of carbonyl (C=O) groups excluding carboxylic acids is 1. The molecule has 0 radical (unpaired) electrons. The van der Waals surface area contributed by atoms with Crippen LogP contribution < -0.4 is 0 Å². The van der Waals surface area contributed by atoms with Crippen LogP contribution in [0.5, 0.6) is 0 Å². The van der Waals surface area contributed by atoms with E-state index in [0.29, 0.717) is 32.0 Å². The van der Waals surface area contributed by atoms with Crippen molar-refractivity contribution in [2.45, 2.75) is 32.0 Å². The molecule has 1 saturated heterocycles. The molecule has 1 spiro atoms. The topological polar surface area (TPSA) is 35.5 Å². The summed E-state index contributed by atoms with van der Waals surface area (Å²) >= 11 is 0. The van der Waals surface area contributed by atoms with Crippen LogP contribution in [-0.4, -0.2) is 24.8 Å². The maximum Gasteiger partial charge on any atom is 0.175 e. The zero-order chi connectivity index (χ0) is 8.60. The van der Waals surface area contributed by atoms with Gasteiger partial charge in [-0.05, 0) is 5.92 Å². The normalized spacial score (nSPS) is 34.4. The maximum absolute atomic E-state index is 11.3. The van der Waals surface area contributed by atoms with Gasteiger partial charge >= 0.3 is 0 Å². The first-order valence-corrected chi connectivity index (χ1v) is 4.50. The van der Waals surface area contributed by atoms with Crippen LogP contribution in [0.4, 0.5) is 0 Å². The molecule has 1 unspecified atom stereocenters. The van der Waals surface area contributed by atoms with Crippen LogP contribution in [0, 0.1) is 5.92 Å². The van der Waals surface area contributed by atoms with Crippen molar-refractivity contribution in [2.75, 3.05) is 13.2 Å². The lowest BCUT2D eigenvalue weighted by molar-refractivity contribution is -0.187. The molecule has 68 valence electrons. The smallest absolute Gasteiger partial charge is 0.175 e. The Labute approximate surface area is 72.0 Å². The van der Waals surface area contributed by atoms with Gasteiger partial charge in [-0.3, -0.25) is 4.79 Å². The summed E-state index contributed by atoms with van der Waals surface area (Å²) in [5, 5.41) is 0. The van der Waals surface area contributed by atoms with Gasteiger partial charge in [0.05, 0.1) is 19.6 Å². The van der Waals surface area contributed by atoms with Crippen molar-refractivity contribution in [3.05, 3.63) is 0 Å². The Hall–Kier alpha value is -0.410. The zero-order valence-electron chi connectivity index (χ0n) is 7.34. The van der Waals surface area contributed by atoms with Crippen LogP contribution in [-0.2, 0) is 14.3 Å². The molecule has 1 heterocycles. The van der Waals surface area contributed by atoms with Gasteiger partial charge in [-0.1, -0.05) is 6.92 Å². The summed E-state index contributed by atoms with van der Waals surface area (Å²) in [6, 6.07) is 0. The highest BCUT2D eigenvalue weighted by Crippen LogP contribution is 2.36. The lowest BCUT2D eigenvalue weighted by atomic mass is 9.85. The van der Waals surface area contributed by atoms with Crippen molar-refractivity contribution >= 4 is 5.78 Å². The van der Waals surface area contributed by atoms with Crippen molar-refractivity contribution < 1.29 is 14.3 Å².